The molecule has 0 fully saturated rings. The number of rotatable bonds is 6. The molecule has 0 unspecified atom stereocenters. The van der Waals surface area contributed by atoms with Gasteiger partial charge in [-0.1, -0.05) is 0 Å². The van der Waals surface area contributed by atoms with E-state index < -0.39 is 0 Å². The first-order valence-electron chi connectivity index (χ1n) is 3.45. The van der Waals surface area contributed by atoms with Gasteiger partial charge in [-0.25, -0.2) is 0 Å². The molecule has 0 atom stereocenters. The first kappa shape index (κ1) is 10.4. The summed E-state index contributed by atoms with van der Waals surface area (Å²) >= 11 is 0. The summed E-state index contributed by atoms with van der Waals surface area (Å²) in [7, 11) is 0. The second-order valence-corrected chi connectivity index (χ2v) is 1.59. The van der Waals surface area contributed by atoms with E-state index in [1.165, 1.54) is 0 Å². The second-order valence-electron chi connectivity index (χ2n) is 1.59. The van der Waals surface area contributed by atoms with Gasteiger partial charge in [0.05, 0.1) is 0 Å². The van der Waals surface area contributed by atoms with Crippen LogP contribution in [-0.2, 0) is 14.2 Å². The lowest BCUT2D eigenvalue weighted by Crippen LogP contribution is -2.08. The van der Waals surface area contributed by atoms with Crippen LogP contribution in [0.5, 0.6) is 0 Å². The molecule has 0 aliphatic heterocycles. The van der Waals surface area contributed by atoms with Crippen LogP contribution < -0.4 is 0 Å². The molecule has 0 N–H and O–H groups in total. The average Bonchev–Trinajstić information content (AvgIpc) is 2.03. The minimum absolute atomic E-state index is 0.0408. The van der Waals surface area contributed by atoms with Gasteiger partial charge in [0.1, 0.15) is 6.07 Å². The lowest BCUT2D eigenvalue weighted by atomic mass is 10.7. The zero-order chi connectivity index (χ0) is 8.53. The Morgan fingerprint density at radius 2 is 2.00 bits per heavy atom. The van der Waals surface area contributed by atoms with E-state index in [0.717, 1.165) is 0 Å². The lowest BCUT2D eigenvalue weighted by molar-refractivity contribution is -0.101. The highest BCUT2D eigenvalue weighted by Gasteiger charge is 2.07. The van der Waals surface area contributed by atoms with Gasteiger partial charge in [0.2, 0.25) is 0 Å². The zero-order valence-corrected chi connectivity index (χ0v) is 6.79. The van der Waals surface area contributed by atoms with E-state index >= 15 is 0 Å². The Bertz CT molecular complexity index is 121. The molecule has 1 radical (unpaired) electrons. The summed E-state index contributed by atoms with van der Waals surface area (Å²) in [5.41, 5.74) is 0. The minimum atomic E-state index is -0.0408. The standard InChI is InChI=1S/C7H12NO3/c1-3-9-6-11-7(5-8)10-4-2/h3-4,6H2,1-2H3. The van der Waals surface area contributed by atoms with Gasteiger partial charge in [-0.15, -0.1) is 0 Å². The number of nitriles is 1. The molecule has 0 rings (SSSR count). The van der Waals surface area contributed by atoms with Gasteiger partial charge in [-0.3, -0.25) is 0 Å². The molecule has 0 saturated heterocycles. The Hall–Kier alpha value is -0.630. The van der Waals surface area contributed by atoms with Crippen molar-refractivity contribution in [3.8, 4) is 6.07 Å². The molecule has 0 spiro atoms. The van der Waals surface area contributed by atoms with Crippen molar-refractivity contribution in [2.24, 2.45) is 0 Å². The van der Waals surface area contributed by atoms with E-state index in [1.807, 2.05) is 6.92 Å². The van der Waals surface area contributed by atoms with Gasteiger partial charge in [0.15, 0.2) is 6.79 Å². The van der Waals surface area contributed by atoms with Gasteiger partial charge >= 0.3 is 6.29 Å². The Morgan fingerprint density at radius 1 is 1.27 bits per heavy atom. The molecule has 63 valence electrons. The Morgan fingerprint density at radius 3 is 2.45 bits per heavy atom. The molecule has 0 aliphatic carbocycles. The van der Waals surface area contributed by atoms with Crippen LogP contribution in [0.2, 0.25) is 0 Å². The van der Waals surface area contributed by atoms with Crippen molar-refractivity contribution >= 4 is 0 Å². The summed E-state index contributed by atoms with van der Waals surface area (Å²) in [4.78, 5) is 0. The number of hydrogen-bond donors (Lipinski definition) is 0. The maximum atomic E-state index is 8.36. The highest BCUT2D eigenvalue weighted by molar-refractivity contribution is 4.93. The van der Waals surface area contributed by atoms with Crippen LogP contribution in [0.4, 0.5) is 0 Å². The maximum absolute atomic E-state index is 8.36. The van der Waals surface area contributed by atoms with E-state index in [2.05, 4.69) is 0 Å². The first-order valence-corrected chi connectivity index (χ1v) is 3.45. The third-order valence-corrected chi connectivity index (χ3v) is 0.844. The number of hydrogen-bond acceptors (Lipinski definition) is 4. The number of nitrogens with zero attached hydrogens (tertiary/aromatic N) is 1. The van der Waals surface area contributed by atoms with Gasteiger partial charge in [-0.2, -0.15) is 5.26 Å². The van der Waals surface area contributed by atoms with Crippen molar-refractivity contribution in [1.82, 2.24) is 0 Å². The largest absolute Gasteiger partial charge is 0.356 e. The average molecular weight is 158 g/mol. The van der Waals surface area contributed by atoms with Crippen LogP contribution in [0.3, 0.4) is 0 Å². The zero-order valence-electron chi connectivity index (χ0n) is 6.79. The molecular formula is C7H12NO3. The van der Waals surface area contributed by atoms with Crippen LogP contribution in [0.15, 0.2) is 0 Å². The summed E-state index contributed by atoms with van der Waals surface area (Å²) in [6.07, 6.45) is -0.0408. The van der Waals surface area contributed by atoms with Crippen molar-refractivity contribution < 1.29 is 14.2 Å². The first-order chi connectivity index (χ1) is 5.35. The predicted molar refractivity (Wildman–Crippen MR) is 38.1 cm³/mol. The summed E-state index contributed by atoms with van der Waals surface area (Å²) in [6.45, 7) is 4.68. The molecule has 0 aromatic carbocycles. The third kappa shape index (κ3) is 5.80. The molecule has 0 aromatic heterocycles. The number of ether oxygens (including phenoxy) is 3. The van der Waals surface area contributed by atoms with E-state index in [-0.39, 0.29) is 13.1 Å². The van der Waals surface area contributed by atoms with Gasteiger partial charge < -0.3 is 14.2 Å². The Labute approximate surface area is 66.7 Å². The van der Waals surface area contributed by atoms with Crippen molar-refractivity contribution in [2.45, 2.75) is 13.8 Å². The lowest BCUT2D eigenvalue weighted by Gasteiger charge is -2.07. The third-order valence-electron chi connectivity index (χ3n) is 0.844. The fourth-order valence-electron chi connectivity index (χ4n) is 0.416. The molecule has 4 heteroatoms. The fourth-order valence-corrected chi connectivity index (χ4v) is 0.416. The van der Waals surface area contributed by atoms with Gasteiger partial charge in [0.25, 0.3) is 0 Å². The monoisotopic (exact) mass is 158 g/mol. The summed E-state index contributed by atoms with van der Waals surface area (Å²) < 4.78 is 14.4. The smallest absolute Gasteiger partial charge is 0.332 e. The van der Waals surface area contributed by atoms with Crippen molar-refractivity contribution in [1.29, 1.82) is 5.26 Å². The van der Waals surface area contributed by atoms with E-state index in [1.54, 1.807) is 13.0 Å². The summed E-state index contributed by atoms with van der Waals surface area (Å²) in [5.74, 6) is 0. The van der Waals surface area contributed by atoms with Crippen LogP contribution in [0.25, 0.3) is 0 Å². The maximum Gasteiger partial charge on any atom is 0.332 e. The van der Waals surface area contributed by atoms with Crippen molar-refractivity contribution in [2.75, 3.05) is 20.0 Å². The molecular weight excluding hydrogens is 146 g/mol. The van der Waals surface area contributed by atoms with Crippen LogP contribution >= 0.6 is 0 Å². The van der Waals surface area contributed by atoms with E-state index in [9.17, 15) is 0 Å². The molecule has 0 aliphatic rings. The quantitative estimate of drug-likeness (QED) is 0.428. The second kappa shape index (κ2) is 7.48. The molecule has 0 aromatic rings. The van der Waals surface area contributed by atoms with Gasteiger partial charge in [-0.05, 0) is 13.8 Å². The van der Waals surface area contributed by atoms with E-state index in [0.29, 0.717) is 13.2 Å². The molecule has 0 heterocycles. The molecule has 0 bridgehead atoms. The summed E-state index contributed by atoms with van der Waals surface area (Å²) in [6, 6.07) is 1.75. The summed E-state index contributed by atoms with van der Waals surface area (Å²) in [5, 5.41) is 8.36. The predicted octanol–water partition coefficient (Wildman–Crippen LogP) is 1.05. The van der Waals surface area contributed by atoms with Gasteiger partial charge in [0, 0.05) is 13.2 Å². The fraction of sp³-hybridized carbons (Fsp3) is 0.714. The highest BCUT2D eigenvalue weighted by atomic mass is 16.7. The van der Waals surface area contributed by atoms with E-state index in [4.69, 9.17) is 19.5 Å². The SMILES string of the molecule is CCOCO[C](C#N)OCC. The minimum Gasteiger partial charge on any atom is -0.356 e. The highest BCUT2D eigenvalue weighted by Crippen LogP contribution is 2.01. The molecule has 0 saturated carbocycles. The molecule has 11 heavy (non-hydrogen) atoms. The molecule has 0 amide bonds. The van der Waals surface area contributed by atoms with Crippen LogP contribution in [0.1, 0.15) is 13.8 Å². The van der Waals surface area contributed by atoms with Crippen molar-refractivity contribution in [3.63, 3.8) is 0 Å². The van der Waals surface area contributed by atoms with Crippen LogP contribution in [-0.4, -0.2) is 20.0 Å². The van der Waals surface area contributed by atoms with Crippen LogP contribution in [0, 0.1) is 17.6 Å². The normalized spacial score (nSPS) is 10.0. The Kier molecular flexibility index (Phi) is 7.05. The van der Waals surface area contributed by atoms with Crippen molar-refractivity contribution in [3.05, 3.63) is 6.29 Å². The Balaban J connectivity index is 3.30. The molecule has 4 nitrogen and oxygen atoms in total. The topological polar surface area (TPSA) is 51.5 Å².